The highest BCUT2D eigenvalue weighted by Gasteiger charge is 2.16. The van der Waals surface area contributed by atoms with Gasteiger partial charge in [0, 0.05) is 12.4 Å². The van der Waals surface area contributed by atoms with E-state index in [-0.39, 0.29) is 11.6 Å². The third-order valence-electron chi connectivity index (χ3n) is 2.88. The van der Waals surface area contributed by atoms with Gasteiger partial charge in [-0.15, -0.1) is 0 Å². The topological polar surface area (TPSA) is 84.9 Å². The minimum absolute atomic E-state index is 0.132. The molecule has 0 fully saturated rings. The number of aryl methyl sites for hydroxylation is 2. The van der Waals surface area contributed by atoms with Gasteiger partial charge in [-0.3, -0.25) is 0 Å². The molecule has 0 radical (unpaired) electrons. The van der Waals surface area contributed by atoms with Crippen molar-refractivity contribution in [3.63, 3.8) is 0 Å². The number of hydrogen-bond acceptors (Lipinski definition) is 6. The zero-order valence-corrected chi connectivity index (χ0v) is 11.0. The van der Waals surface area contributed by atoms with Gasteiger partial charge in [0.15, 0.2) is 0 Å². The van der Waals surface area contributed by atoms with Crippen LogP contribution in [0.4, 0.5) is 0 Å². The zero-order chi connectivity index (χ0) is 14.1. The third kappa shape index (κ3) is 2.11. The molecule has 0 atom stereocenters. The average Bonchev–Trinajstić information content (AvgIpc) is 2.92. The van der Waals surface area contributed by atoms with Gasteiger partial charge in [-0.25, -0.2) is 9.97 Å². The molecule has 2 aromatic heterocycles. The second-order valence-corrected chi connectivity index (χ2v) is 4.48. The van der Waals surface area contributed by atoms with Crippen LogP contribution in [0.5, 0.6) is 5.75 Å². The molecule has 0 aliphatic heterocycles. The summed E-state index contributed by atoms with van der Waals surface area (Å²) >= 11 is 0. The van der Waals surface area contributed by atoms with Crippen LogP contribution in [0.1, 0.15) is 11.1 Å². The van der Waals surface area contributed by atoms with Crippen molar-refractivity contribution < 1.29 is 9.63 Å². The number of phenols is 1. The fourth-order valence-corrected chi connectivity index (χ4v) is 1.76. The molecule has 1 aromatic carbocycles. The molecular formula is C14H12N4O2. The van der Waals surface area contributed by atoms with Gasteiger partial charge in [0.1, 0.15) is 5.75 Å². The van der Waals surface area contributed by atoms with Gasteiger partial charge >= 0.3 is 0 Å². The highest BCUT2D eigenvalue weighted by Crippen LogP contribution is 2.31. The molecule has 20 heavy (non-hydrogen) atoms. The Morgan fingerprint density at radius 1 is 1.05 bits per heavy atom. The highest BCUT2D eigenvalue weighted by atomic mass is 16.5. The lowest BCUT2D eigenvalue weighted by atomic mass is 10.1. The number of aromatic nitrogens is 4. The zero-order valence-electron chi connectivity index (χ0n) is 11.0. The normalized spacial score (nSPS) is 10.7. The van der Waals surface area contributed by atoms with Crippen LogP contribution >= 0.6 is 0 Å². The van der Waals surface area contributed by atoms with E-state index in [0.29, 0.717) is 17.2 Å². The molecule has 2 heterocycles. The highest BCUT2D eigenvalue weighted by molar-refractivity contribution is 5.65. The maximum Gasteiger partial charge on any atom is 0.262 e. The summed E-state index contributed by atoms with van der Waals surface area (Å²) in [5, 5.41) is 13.8. The quantitative estimate of drug-likeness (QED) is 0.768. The first-order chi connectivity index (χ1) is 9.65. The van der Waals surface area contributed by atoms with Crippen LogP contribution in [-0.4, -0.2) is 25.2 Å². The van der Waals surface area contributed by atoms with Crippen molar-refractivity contribution >= 4 is 0 Å². The average molecular weight is 268 g/mol. The molecule has 0 unspecified atom stereocenters. The third-order valence-corrected chi connectivity index (χ3v) is 2.88. The number of hydrogen-bond donors (Lipinski definition) is 1. The molecule has 0 saturated heterocycles. The Bertz CT molecular complexity index is 750. The van der Waals surface area contributed by atoms with E-state index in [0.717, 1.165) is 11.1 Å². The monoisotopic (exact) mass is 268 g/mol. The van der Waals surface area contributed by atoms with E-state index >= 15 is 0 Å². The molecule has 0 amide bonds. The van der Waals surface area contributed by atoms with Gasteiger partial charge in [0.25, 0.3) is 5.89 Å². The van der Waals surface area contributed by atoms with Crippen molar-refractivity contribution in [2.75, 3.05) is 0 Å². The number of para-hydroxylation sites is 1. The predicted octanol–water partition coefficient (Wildman–Crippen LogP) is 2.52. The lowest BCUT2D eigenvalue weighted by Crippen LogP contribution is -1.91. The summed E-state index contributed by atoms with van der Waals surface area (Å²) in [5.41, 5.74) is 2.19. The summed E-state index contributed by atoms with van der Waals surface area (Å²) in [4.78, 5) is 12.5. The van der Waals surface area contributed by atoms with Crippen LogP contribution in [0.3, 0.4) is 0 Å². The molecule has 0 saturated carbocycles. The standard InChI is InChI=1S/C14H12N4O2/c1-8-6-15-12(16-7-8)13-17-14(20-18-13)10-5-3-4-9(2)11(10)19/h3-7,19H,1-2H3. The maximum absolute atomic E-state index is 10.0. The largest absolute Gasteiger partial charge is 0.507 e. The van der Waals surface area contributed by atoms with Crippen LogP contribution in [-0.2, 0) is 0 Å². The second-order valence-electron chi connectivity index (χ2n) is 4.48. The molecular weight excluding hydrogens is 256 g/mol. The van der Waals surface area contributed by atoms with Gasteiger partial charge in [0.05, 0.1) is 5.56 Å². The van der Waals surface area contributed by atoms with Gasteiger partial charge in [-0.05, 0) is 31.0 Å². The molecule has 0 aliphatic carbocycles. The van der Waals surface area contributed by atoms with Gasteiger partial charge in [-0.2, -0.15) is 4.98 Å². The van der Waals surface area contributed by atoms with Crippen LogP contribution in [0, 0.1) is 13.8 Å². The lowest BCUT2D eigenvalue weighted by molar-refractivity contribution is 0.424. The summed E-state index contributed by atoms with van der Waals surface area (Å²) in [6.45, 7) is 3.70. The Hall–Kier alpha value is -2.76. The fraction of sp³-hybridized carbons (Fsp3) is 0.143. The van der Waals surface area contributed by atoms with Crippen molar-refractivity contribution in [2.24, 2.45) is 0 Å². The predicted molar refractivity (Wildman–Crippen MR) is 71.9 cm³/mol. The van der Waals surface area contributed by atoms with Crippen molar-refractivity contribution in [1.82, 2.24) is 20.1 Å². The molecule has 100 valence electrons. The smallest absolute Gasteiger partial charge is 0.262 e. The number of aromatic hydroxyl groups is 1. The number of nitrogens with zero attached hydrogens (tertiary/aromatic N) is 4. The molecule has 0 spiro atoms. The van der Waals surface area contributed by atoms with Crippen molar-refractivity contribution in [3.05, 3.63) is 41.7 Å². The number of rotatable bonds is 2. The minimum Gasteiger partial charge on any atom is -0.507 e. The Morgan fingerprint density at radius 2 is 1.80 bits per heavy atom. The molecule has 6 nitrogen and oxygen atoms in total. The van der Waals surface area contributed by atoms with E-state index in [1.165, 1.54) is 0 Å². The lowest BCUT2D eigenvalue weighted by Gasteiger charge is -2.01. The van der Waals surface area contributed by atoms with Crippen molar-refractivity contribution in [3.8, 4) is 28.9 Å². The summed E-state index contributed by atoms with van der Waals surface area (Å²) < 4.78 is 5.17. The summed E-state index contributed by atoms with van der Waals surface area (Å²) in [6.07, 6.45) is 3.37. The Kier molecular flexibility index (Phi) is 2.90. The van der Waals surface area contributed by atoms with Crippen LogP contribution in [0.15, 0.2) is 35.1 Å². The Labute approximate surface area is 115 Å². The molecule has 3 aromatic rings. The van der Waals surface area contributed by atoms with Gasteiger partial charge in [-0.1, -0.05) is 17.3 Å². The summed E-state index contributed by atoms with van der Waals surface area (Å²) in [6, 6.07) is 5.34. The maximum atomic E-state index is 10.0. The Balaban J connectivity index is 2.02. The Morgan fingerprint density at radius 3 is 2.55 bits per heavy atom. The van der Waals surface area contributed by atoms with Crippen LogP contribution in [0.25, 0.3) is 23.1 Å². The molecule has 1 N–H and O–H groups in total. The van der Waals surface area contributed by atoms with Gasteiger partial charge < -0.3 is 9.63 Å². The first-order valence-corrected chi connectivity index (χ1v) is 6.07. The van der Waals surface area contributed by atoms with Crippen LogP contribution in [0.2, 0.25) is 0 Å². The van der Waals surface area contributed by atoms with E-state index < -0.39 is 0 Å². The number of benzene rings is 1. The van der Waals surface area contributed by atoms with E-state index in [9.17, 15) is 5.11 Å². The molecule has 3 rings (SSSR count). The van der Waals surface area contributed by atoms with E-state index in [2.05, 4.69) is 20.1 Å². The summed E-state index contributed by atoms with van der Waals surface area (Å²) in [5.74, 6) is 1.05. The molecule has 0 aliphatic rings. The number of phenolic OH excluding ortho intramolecular Hbond substituents is 1. The van der Waals surface area contributed by atoms with E-state index in [4.69, 9.17) is 4.52 Å². The first kappa shape index (κ1) is 12.3. The van der Waals surface area contributed by atoms with Crippen molar-refractivity contribution in [2.45, 2.75) is 13.8 Å². The van der Waals surface area contributed by atoms with Crippen molar-refractivity contribution in [1.29, 1.82) is 0 Å². The van der Waals surface area contributed by atoms with Gasteiger partial charge in [0.2, 0.25) is 11.6 Å². The fourth-order valence-electron chi connectivity index (χ4n) is 1.76. The second kappa shape index (κ2) is 4.73. The van der Waals surface area contributed by atoms with Crippen LogP contribution < -0.4 is 0 Å². The first-order valence-electron chi connectivity index (χ1n) is 6.07. The SMILES string of the molecule is Cc1cnc(-c2noc(-c3cccc(C)c3O)n2)nc1. The minimum atomic E-state index is 0.132. The summed E-state index contributed by atoms with van der Waals surface area (Å²) in [7, 11) is 0. The molecule has 6 heteroatoms. The molecule has 0 bridgehead atoms. The van der Waals surface area contributed by atoms with E-state index in [1.54, 1.807) is 31.5 Å². The van der Waals surface area contributed by atoms with E-state index in [1.807, 2.05) is 13.0 Å².